The predicted molar refractivity (Wildman–Crippen MR) is 78.1 cm³/mol. The number of thioether (sulfide) groups is 1. The van der Waals surface area contributed by atoms with E-state index >= 15 is 0 Å². The van der Waals surface area contributed by atoms with Gasteiger partial charge in [-0.2, -0.15) is 0 Å². The van der Waals surface area contributed by atoms with Crippen LogP contribution in [0.15, 0.2) is 41.1 Å². The van der Waals surface area contributed by atoms with E-state index in [0.29, 0.717) is 0 Å². The van der Waals surface area contributed by atoms with Crippen molar-refractivity contribution in [3.8, 4) is 10.6 Å². The first kappa shape index (κ1) is 13.3. The Kier molecular flexibility index (Phi) is 3.79. The molecule has 2 heterocycles. The molecule has 4 nitrogen and oxygen atoms in total. The maximum Gasteiger partial charge on any atom is 0.191 e. The number of rotatable bonds is 4. The minimum Gasteiger partial charge on any atom is -0.312 e. The molecule has 0 saturated heterocycles. The second kappa shape index (κ2) is 5.72. The number of aromatic nitrogens is 4. The molecule has 102 valence electrons. The highest BCUT2D eigenvalue weighted by Crippen LogP contribution is 2.27. The van der Waals surface area contributed by atoms with E-state index in [1.165, 1.54) is 12.1 Å². The summed E-state index contributed by atoms with van der Waals surface area (Å²) in [6.07, 6.45) is 1.67. The van der Waals surface area contributed by atoms with Crippen LogP contribution in [-0.2, 0) is 12.8 Å². The fraction of sp³-hybridized carbons (Fsp3) is 0.154. The molecule has 3 aromatic rings. The van der Waals surface area contributed by atoms with E-state index in [9.17, 15) is 4.39 Å². The maximum atomic E-state index is 12.9. The molecule has 0 aliphatic heterocycles. The highest BCUT2D eigenvalue weighted by atomic mass is 32.2. The van der Waals surface area contributed by atoms with Crippen LogP contribution >= 0.6 is 23.1 Å². The van der Waals surface area contributed by atoms with E-state index in [1.54, 1.807) is 41.6 Å². The average Bonchev–Trinajstić information content (AvgIpc) is 3.06. The summed E-state index contributed by atoms with van der Waals surface area (Å²) in [7, 11) is 1.91. The fourth-order valence-corrected chi connectivity index (χ4v) is 3.35. The van der Waals surface area contributed by atoms with Crippen LogP contribution in [-0.4, -0.2) is 19.7 Å². The van der Waals surface area contributed by atoms with Crippen LogP contribution < -0.4 is 0 Å². The van der Waals surface area contributed by atoms with Gasteiger partial charge in [-0.25, -0.2) is 9.37 Å². The lowest BCUT2D eigenvalue weighted by atomic mass is 10.2. The molecular formula is C13H11FN4S2. The summed E-state index contributed by atoms with van der Waals surface area (Å²) in [5, 5.41) is 11.6. The highest BCUT2D eigenvalue weighted by molar-refractivity contribution is 7.98. The topological polar surface area (TPSA) is 43.6 Å². The second-order valence-electron chi connectivity index (χ2n) is 4.16. The van der Waals surface area contributed by atoms with Gasteiger partial charge in [-0.15, -0.1) is 21.5 Å². The maximum absolute atomic E-state index is 12.9. The molecule has 0 N–H and O–H groups in total. The minimum absolute atomic E-state index is 0.233. The van der Waals surface area contributed by atoms with Crippen LogP contribution in [0.3, 0.4) is 0 Å². The summed E-state index contributed by atoms with van der Waals surface area (Å²) in [5.74, 6) is 0.507. The fourth-order valence-electron chi connectivity index (χ4n) is 1.64. The van der Waals surface area contributed by atoms with Crippen molar-refractivity contribution >= 4 is 23.1 Å². The van der Waals surface area contributed by atoms with E-state index in [2.05, 4.69) is 15.2 Å². The summed E-state index contributed by atoms with van der Waals surface area (Å²) in [6.45, 7) is 0. The Hall–Kier alpha value is -1.73. The van der Waals surface area contributed by atoms with Gasteiger partial charge in [-0.05, 0) is 24.3 Å². The molecule has 0 saturated carbocycles. The van der Waals surface area contributed by atoms with E-state index in [-0.39, 0.29) is 5.82 Å². The van der Waals surface area contributed by atoms with Crippen molar-refractivity contribution < 1.29 is 4.39 Å². The zero-order valence-electron chi connectivity index (χ0n) is 10.7. The van der Waals surface area contributed by atoms with Gasteiger partial charge in [-0.1, -0.05) is 11.8 Å². The Labute approximate surface area is 123 Å². The number of hydrogen-bond donors (Lipinski definition) is 0. The van der Waals surface area contributed by atoms with E-state index in [4.69, 9.17) is 0 Å². The summed E-state index contributed by atoms with van der Waals surface area (Å²) in [6, 6.07) is 6.39. The lowest BCUT2D eigenvalue weighted by Gasteiger charge is -1.98. The van der Waals surface area contributed by atoms with Crippen LogP contribution in [0, 0.1) is 5.82 Å². The molecular weight excluding hydrogens is 295 g/mol. The first-order valence-electron chi connectivity index (χ1n) is 5.89. The smallest absolute Gasteiger partial charge is 0.191 e. The van der Waals surface area contributed by atoms with Crippen LogP contribution in [0.2, 0.25) is 0 Å². The number of benzene rings is 1. The molecule has 0 atom stereocenters. The first-order valence-corrected chi connectivity index (χ1v) is 7.76. The molecule has 3 rings (SSSR count). The standard InChI is InChI=1S/C13H11FN4S2/c1-18-8-15-17-13(18)20-7-11-6-19-12(16-11)9-2-4-10(14)5-3-9/h2-6,8H,7H2,1H3. The van der Waals surface area contributed by atoms with Gasteiger partial charge in [-0.3, -0.25) is 0 Å². The molecule has 2 aromatic heterocycles. The zero-order valence-corrected chi connectivity index (χ0v) is 12.3. The third kappa shape index (κ3) is 2.88. The quantitative estimate of drug-likeness (QED) is 0.693. The number of nitrogens with zero attached hydrogens (tertiary/aromatic N) is 4. The van der Waals surface area contributed by atoms with Gasteiger partial charge in [0.1, 0.15) is 17.2 Å². The van der Waals surface area contributed by atoms with Crippen molar-refractivity contribution in [3.63, 3.8) is 0 Å². The summed E-state index contributed by atoms with van der Waals surface area (Å²) in [5.41, 5.74) is 1.92. The van der Waals surface area contributed by atoms with Gasteiger partial charge in [0.15, 0.2) is 5.16 Å². The second-order valence-corrected chi connectivity index (χ2v) is 5.96. The third-order valence-corrected chi connectivity index (χ3v) is 4.67. The molecule has 0 aliphatic rings. The Balaban J connectivity index is 1.71. The Morgan fingerprint density at radius 2 is 2.10 bits per heavy atom. The van der Waals surface area contributed by atoms with Crippen molar-refractivity contribution in [2.24, 2.45) is 7.05 Å². The Bertz CT molecular complexity index is 705. The summed E-state index contributed by atoms with van der Waals surface area (Å²) < 4.78 is 14.8. The molecule has 20 heavy (non-hydrogen) atoms. The van der Waals surface area contributed by atoms with Crippen LogP contribution in [0.25, 0.3) is 10.6 Å². The van der Waals surface area contributed by atoms with E-state index < -0.39 is 0 Å². The normalized spacial score (nSPS) is 10.9. The number of aryl methyl sites for hydroxylation is 1. The van der Waals surface area contributed by atoms with Gasteiger partial charge < -0.3 is 4.57 Å². The van der Waals surface area contributed by atoms with Gasteiger partial charge in [0.2, 0.25) is 0 Å². The zero-order chi connectivity index (χ0) is 13.9. The molecule has 0 radical (unpaired) electrons. The molecule has 0 bridgehead atoms. The van der Waals surface area contributed by atoms with Crippen molar-refractivity contribution in [3.05, 3.63) is 47.5 Å². The van der Waals surface area contributed by atoms with Gasteiger partial charge in [0.25, 0.3) is 0 Å². The molecule has 0 aliphatic carbocycles. The number of hydrogen-bond acceptors (Lipinski definition) is 5. The number of thiazole rings is 1. The SMILES string of the molecule is Cn1cnnc1SCc1csc(-c2ccc(F)cc2)n1. The van der Waals surface area contributed by atoms with Crippen LogP contribution in [0.4, 0.5) is 4.39 Å². The van der Waals surface area contributed by atoms with Crippen molar-refractivity contribution in [1.82, 2.24) is 19.7 Å². The van der Waals surface area contributed by atoms with E-state index in [1.807, 2.05) is 17.0 Å². The van der Waals surface area contributed by atoms with Crippen molar-refractivity contribution in [2.45, 2.75) is 10.9 Å². The van der Waals surface area contributed by atoms with Crippen molar-refractivity contribution in [2.75, 3.05) is 0 Å². The van der Waals surface area contributed by atoms with Gasteiger partial charge >= 0.3 is 0 Å². The molecule has 7 heteroatoms. The lowest BCUT2D eigenvalue weighted by Crippen LogP contribution is -1.90. The number of halogens is 1. The first-order chi connectivity index (χ1) is 9.72. The largest absolute Gasteiger partial charge is 0.312 e. The summed E-state index contributed by atoms with van der Waals surface area (Å²) >= 11 is 3.15. The highest BCUT2D eigenvalue weighted by Gasteiger charge is 2.07. The predicted octanol–water partition coefficient (Wildman–Crippen LogP) is 3.37. The molecule has 0 amide bonds. The van der Waals surface area contributed by atoms with E-state index in [0.717, 1.165) is 27.2 Å². The van der Waals surface area contributed by atoms with Gasteiger partial charge in [0.05, 0.1) is 5.69 Å². The molecule has 0 unspecified atom stereocenters. The third-order valence-electron chi connectivity index (χ3n) is 2.66. The van der Waals surface area contributed by atoms with Crippen LogP contribution in [0.1, 0.15) is 5.69 Å². The average molecular weight is 306 g/mol. The monoisotopic (exact) mass is 306 g/mol. The Morgan fingerprint density at radius 3 is 2.80 bits per heavy atom. The molecule has 1 aromatic carbocycles. The summed E-state index contributed by atoms with van der Waals surface area (Å²) in [4.78, 5) is 4.56. The van der Waals surface area contributed by atoms with Crippen molar-refractivity contribution in [1.29, 1.82) is 0 Å². The van der Waals surface area contributed by atoms with Crippen LogP contribution in [0.5, 0.6) is 0 Å². The lowest BCUT2D eigenvalue weighted by molar-refractivity contribution is 0.628. The molecule has 0 fully saturated rings. The Morgan fingerprint density at radius 1 is 1.30 bits per heavy atom. The molecule has 0 spiro atoms. The van der Waals surface area contributed by atoms with Gasteiger partial charge in [0, 0.05) is 23.7 Å². The minimum atomic E-state index is -0.233.